The van der Waals surface area contributed by atoms with Gasteiger partial charge in [0.15, 0.2) is 0 Å². The number of nitrogens with two attached hydrogens (primary N) is 1. The molecular weight excluding hydrogens is 218 g/mol. The fourth-order valence-corrected chi connectivity index (χ4v) is 1.39. The van der Waals surface area contributed by atoms with Crippen LogP contribution in [0.3, 0.4) is 0 Å². The highest BCUT2D eigenvalue weighted by atomic mass is 16.2. The summed E-state index contributed by atoms with van der Waals surface area (Å²) in [7, 11) is 0. The summed E-state index contributed by atoms with van der Waals surface area (Å²) in [5.41, 5.74) is 11.9. The van der Waals surface area contributed by atoms with Crippen molar-refractivity contribution in [3.05, 3.63) is 35.4 Å². The van der Waals surface area contributed by atoms with Gasteiger partial charge in [0.25, 0.3) is 5.91 Å². The average Bonchev–Trinajstić information content (AvgIpc) is 2.35. The Bertz CT molecular complexity index is 404. The molecule has 0 saturated carbocycles. The smallest absolute Gasteiger partial charge is 0.252 e. The van der Waals surface area contributed by atoms with E-state index in [2.05, 4.69) is 10.9 Å². The Morgan fingerprint density at radius 2 is 1.82 bits per heavy atom. The molecule has 0 aliphatic rings. The molecule has 1 aromatic carbocycles. The number of benzene rings is 1. The number of carbonyl (C=O) groups excluding carboxylic acids is 2. The number of hydrogen-bond acceptors (Lipinski definition) is 3. The number of hydrazine groups is 1. The van der Waals surface area contributed by atoms with Crippen molar-refractivity contribution in [2.75, 3.05) is 6.54 Å². The number of carbonyl (C=O) groups is 2. The lowest BCUT2D eigenvalue weighted by Gasteiger charge is -2.07. The van der Waals surface area contributed by atoms with Gasteiger partial charge in [-0.05, 0) is 24.5 Å². The SMILES string of the molecule is Cc1ccccc1CCC(=O)NNC(=O)CN. The molecule has 1 rings (SSSR count). The Labute approximate surface area is 100 Å². The van der Waals surface area contributed by atoms with Gasteiger partial charge < -0.3 is 5.73 Å². The second kappa shape index (κ2) is 6.65. The quantitative estimate of drug-likeness (QED) is 0.644. The standard InChI is InChI=1S/C12H17N3O2/c1-9-4-2-3-5-10(9)6-7-11(16)14-15-12(17)8-13/h2-5H,6-8,13H2,1H3,(H,14,16)(H,15,17). The maximum atomic E-state index is 11.4. The minimum Gasteiger partial charge on any atom is -0.322 e. The van der Waals surface area contributed by atoms with E-state index in [9.17, 15) is 9.59 Å². The van der Waals surface area contributed by atoms with E-state index in [0.717, 1.165) is 11.1 Å². The van der Waals surface area contributed by atoms with Crippen LogP contribution < -0.4 is 16.6 Å². The van der Waals surface area contributed by atoms with Gasteiger partial charge in [0.05, 0.1) is 6.54 Å². The van der Waals surface area contributed by atoms with Crippen molar-refractivity contribution in [3.8, 4) is 0 Å². The molecule has 0 aliphatic carbocycles. The van der Waals surface area contributed by atoms with Crippen LogP contribution in [-0.2, 0) is 16.0 Å². The predicted molar refractivity (Wildman–Crippen MR) is 64.8 cm³/mol. The van der Waals surface area contributed by atoms with Crippen LogP contribution in [0.15, 0.2) is 24.3 Å². The van der Waals surface area contributed by atoms with Crippen molar-refractivity contribution in [1.29, 1.82) is 0 Å². The second-order valence-corrected chi connectivity index (χ2v) is 3.73. The third kappa shape index (κ3) is 4.65. The molecule has 0 aromatic heterocycles. The molecule has 0 heterocycles. The molecule has 0 spiro atoms. The van der Waals surface area contributed by atoms with Crippen LogP contribution in [-0.4, -0.2) is 18.4 Å². The van der Waals surface area contributed by atoms with Gasteiger partial charge in [-0.2, -0.15) is 0 Å². The maximum absolute atomic E-state index is 11.4. The first kappa shape index (κ1) is 13.2. The summed E-state index contributed by atoms with van der Waals surface area (Å²) < 4.78 is 0. The molecule has 1 aromatic rings. The largest absolute Gasteiger partial charge is 0.322 e. The molecule has 2 amide bonds. The van der Waals surface area contributed by atoms with Gasteiger partial charge in [-0.25, -0.2) is 0 Å². The van der Waals surface area contributed by atoms with Crippen molar-refractivity contribution in [2.45, 2.75) is 19.8 Å². The maximum Gasteiger partial charge on any atom is 0.252 e. The first-order valence-corrected chi connectivity index (χ1v) is 5.45. The van der Waals surface area contributed by atoms with Gasteiger partial charge in [-0.3, -0.25) is 20.4 Å². The lowest BCUT2D eigenvalue weighted by Crippen LogP contribution is -2.44. The number of nitrogens with one attached hydrogen (secondary N) is 2. The van der Waals surface area contributed by atoms with E-state index in [4.69, 9.17) is 5.73 Å². The number of hydrogen-bond donors (Lipinski definition) is 3. The molecule has 5 heteroatoms. The Morgan fingerprint density at radius 1 is 1.18 bits per heavy atom. The van der Waals surface area contributed by atoms with E-state index >= 15 is 0 Å². The Hall–Kier alpha value is -1.88. The van der Waals surface area contributed by atoms with E-state index in [1.54, 1.807) is 0 Å². The van der Waals surface area contributed by atoms with Crippen LogP contribution in [0.4, 0.5) is 0 Å². The molecule has 0 atom stereocenters. The second-order valence-electron chi connectivity index (χ2n) is 3.73. The van der Waals surface area contributed by atoms with E-state index < -0.39 is 5.91 Å². The van der Waals surface area contributed by atoms with Crippen LogP contribution in [0.1, 0.15) is 17.5 Å². The molecule has 0 aliphatic heterocycles. The highest BCUT2D eigenvalue weighted by Gasteiger charge is 2.04. The lowest BCUT2D eigenvalue weighted by atomic mass is 10.0. The van der Waals surface area contributed by atoms with Crippen LogP contribution in [0, 0.1) is 6.92 Å². The highest BCUT2D eigenvalue weighted by molar-refractivity contribution is 5.82. The van der Waals surface area contributed by atoms with E-state index in [0.29, 0.717) is 12.8 Å². The summed E-state index contributed by atoms with van der Waals surface area (Å²) in [6.45, 7) is 1.86. The van der Waals surface area contributed by atoms with Gasteiger partial charge in [-0.15, -0.1) is 0 Å². The summed E-state index contributed by atoms with van der Waals surface area (Å²) in [4.78, 5) is 22.2. The van der Waals surface area contributed by atoms with Crippen molar-refractivity contribution in [2.24, 2.45) is 5.73 Å². The molecule has 0 radical (unpaired) electrons. The summed E-state index contributed by atoms with van der Waals surface area (Å²) in [6, 6.07) is 7.89. The number of amides is 2. The van der Waals surface area contributed by atoms with Crippen molar-refractivity contribution in [3.63, 3.8) is 0 Å². The monoisotopic (exact) mass is 235 g/mol. The van der Waals surface area contributed by atoms with Gasteiger partial charge >= 0.3 is 0 Å². The zero-order valence-electron chi connectivity index (χ0n) is 9.82. The van der Waals surface area contributed by atoms with Crippen LogP contribution >= 0.6 is 0 Å². The lowest BCUT2D eigenvalue weighted by molar-refractivity contribution is -0.128. The van der Waals surface area contributed by atoms with Crippen LogP contribution in [0.25, 0.3) is 0 Å². The van der Waals surface area contributed by atoms with Gasteiger partial charge in [0.2, 0.25) is 5.91 Å². The minimum atomic E-state index is -0.408. The molecule has 5 nitrogen and oxygen atoms in total. The molecule has 0 unspecified atom stereocenters. The fraction of sp³-hybridized carbons (Fsp3) is 0.333. The number of rotatable bonds is 4. The van der Waals surface area contributed by atoms with Crippen molar-refractivity contribution >= 4 is 11.8 Å². The van der Waals surface area contributed by atoms with Crippen molar-refractivity contribution < 1.29 is 9.59 Å². The van der Waals surface area contributed by atoms with Gasteiger partial charge in [0, 0.05) is 6.42 Å². The van der Waals surface area contributed by atoms with Gasteiger partial charge in [-0.1, -0.05) is 24.3 Å². The fourth-order valence-electron chi connectivity index (χ4n) is 1.39. The third-order valence-corrected chi connectivity index (χ3v) is 2.41. The molecule has 0 saturated heterocycles. The summed E-state index contributed by atoms with van der Waals surface area (Å²) in [5.74, 6) is -0.635. The average molecular weight is 235 g/mol. The zero-order chi connectivity index (χ0) is 12.7. The molecular formula is C12H17N3O2. The zero-order valence-corrected chi connectivity index (χ0v) is 9.82. The van der Waals surface area contributed by atoms with E-state index in [1.807, 2.05) is 31.2 Å². The van der Waals surface area contributed by atoms with E-state index in [1.165, 1.54) is 0 Å². The van der Waals surface area contributed by atoms with E-state index in [-0.39, 0.29) is 12.5 Å². The Morgan fingerprint density at radius 3 is 2.47 bits per heavy atom. The predicted octanol–water partition coefficient (Wildman–Crippen LogP) is 0.0337. The van der Waals surface area contributed by atoms with Crippen molar-refractivity contribution in [1.82, 2.24) is 10.9 Å². The van der Waals surface area contributed by atoms with Gasteiger partial charge in [0.1, 0.15) is 0 Å². The highest BCUT2D eigenvalue weighted by Crippen LogP contribution is 2.08. The molecule has 0 fully saturated rings. The summed E-state index contributed by atoms with van der Waals surface area (Å²) >= 11 is 0. The number of aryl methyl sites for hydroxylation is 2. The molecule has 17 heavy (non-hydrogen) atoms. The first-order valence-electron chi connectivity index (χ1n) is 5.45. The minimum absolute atomic E-state index is 0.141. The molecule has 92 valence electrons. The Kier molecular flexibility index (Phi) is 5.16. The third-order valence-electron chi connectivity index (χ3n) is 2.41. The topological polar surface area (TPSA) is 84.2 Å². The van der Waals surface area contributed by atoms with Crippen LogP contribution in [0.5, 0.6) is 0 Å². The first-order chi connectivity index (χ1) is 8.13. The molecule has 0 bridgehead atoms. The molecule has 4 N–H and O–H groups in total. The normalized spacial score (nSPS) is 9.76. The Balaban J connectivity index is 2.34. The summed E-state index contributed by atoms with van der Waals surface area (Å²) in [6.07, 6.45) is 0.979. The van der Waals surface area contributed by atoms with Crippen LogP contribution in [0.2, 0.25) is 0 Å². The summed E-state index contributed by atoms with van der Waals surface area (Å²) in [5, 5.41) is 0.